The Kier molecular flexibility index (Phi) is 4.09. The molecule has 0 bridgehead atoms. The van der Waals surface area contributed by atoms with Crippen molar-refractivity contribution in [3.05, 3.63) is 42.1 Å². The summed E-state index contributed by atoms with van der Waals surface area (Å²) in [4.78, 5) is 22.9. The van der Waals surface area contributed by atoms with Crippen LogP contribution in [0, 0.1) is 6.92 Å². The zero-order valence-corrected chi connectivity index (χ0v) is 12.9. The molecule has 0 unspecified atom stereocenters. The number of nitrogens with zero attached hydrogens (tertiary/aromatic N) is 4. The standard InChI is InChI=1S/C16H20N4O2/c1-12-3-4-14(15(18-12)22-2)16(21)19-8-5-13(6-9-19)20-10-7-17-11-20/h3-4,7,10-11,13H,5-6,8-9H2,1-2H3. The van der Waals surface area contributed by atoms with Crippen molar-refractivity contribution in [1.29, 1.82) is 0 Å². The third-order valence-corrected chi connectivity index (χ3v) is 4.12. The van der Waals surface area contributed by atoms with Gasteiger partial charge in [0, 0.05) is 37.2 Å². The zero-order chi connectivity index (χ0) is 15.5. The van der Waals surface area contributed by atoms with Crippen molar-refractivity contribution in [2.75, 3.05) is 20.2 Å². The molecule has 1 aliphatic rings. The van der Waals surface area contributed by atoms with Gasteiger partial charge in [-0.15, -0.1) is 0 Å². The highest BCUT2D eigenvalue weighted by Gasteiger charge is 2.26. The molecular formula is C16H20N4O2. The van der Waals surface area contributed by atoms with Gasteiger partial charge in [0.2, 0.25) is 5.88 Å². The van der Waals surface area contributed by atoms with Gasteiger partial charge in [-0.2, -0.15) is 0 Å². The summed E-state index contributed by atoms with van der Waals surface area (Å²) >= 11 is 0. The van der Waals surface area contributed by atoms with Crippen molar-refractivity contribution in [1.82, 2.24) is 19.4 Å². The van der Waals surface area contributed by atoms with Crippen LogP contribution in [0.5, 0.6) is 5.88 Å². The number of carbonyl (C=O) groups excluding carboxylic acids is 1. The van der Waals surface area contributed by atoms with Gasteiger partial charge in [0.05, 0.1) is 13.4 Å². The highest BCUT2D eigenvalue weighted by atomic mass is 16.5. The van der Waals surface area contributed by atoms with Crippen LogP contribution in [0.2, 0.25) is 0 Å². The molecule has 116 valence electrons. The van der Waals surface area contributed by atoms with Crippen molar-refractivity contribution >= 4 is 5.91 Å². The van der Waals surface area contributed by atoms with Crippen molar-refractivity contribution in [3.63, 3.8) is 0 Å². The van der Waals surface area contributed by atoms with Crippen LogP contribution in [0.4, 0.5) is 0 Å². The van der Waals surface area contributed by atoms with E-state index in [-0.39, 0.29) is 5.91 Å². The molecule has 2 aromatic rings. The Balaban J connectivity index is 1.70. The Labute approximate surface area is 129 Å². The molecule has 0 atom stereocenters. The topological polar surface area (TPSA) is 60.2 Å². The van der Waals surface area contributed by atoms with Gasteiger partial charge in [-0.1, -0.05) is 0 Å². The van der Waals surface area contributed by atoms with E-state index in [1.165, 1.54) is 0 Å². The summed E-state index contributed by atoms with van der Waals surface area (Å²) < 4.78 is 7.37. The number of likely N-dealkylation sites (tertiary alicyclic amines) is 1. The lowest BCUT2D eigenvalue weighted by molar-refractivity contribution is 0.0690. The Morgan fingerprint density at radius 2 is 2.09 bits per heavy atom. The molecule has 1 amide bonds. The summed E-state index contributed by atoms with van der Waals surface area (Å²) in [5.74, 6) is 0.398. The van der Waals surface area contributed by atoms with E-state index in [1.807, 2.05) is 30.4 Å². The number of carbonyl (C=O) groups is 1. The second-order valence-electron chi connectivity index (χ2n) is 5.54. The maximum Gasteiger partial charge on any atom is 0.259 e. The van der Waals surface area contributed by atoms with Crippen LogP contribution < -0.4 is 4.74 Å². The number of hydrogen-bond donors (Lipinski definition) is 0. The molecule has 0 N–H and O–H groups in total. The number of piperidine rings is 1. The van der Waals surface area contributed by atoms with E-state index in [4.69, 9.17) is 4.74 Å². The van der Waals surface area contributed by atoms with E-state index in [2.05, 4.69) is 14.5 Å². The molecule has 1 fully saturated rings. The molecular weight excluding hydrogens is 280 g/mol. The summed E-state index contributed by atoms with van der Waals surface area (Å²) in [6, 6.07) is 4.06. The Bertz CT molecular complexity index is 646. The Morgan fingerprint density at radius 1 is 1.32 bits per heavy atom. The van der Waals surface area contributed by atoms with Gasteiger partial charge in [-0.05, 0) is 31.9 Å². The normalized spacial score (nSPS) is 15.8. The van der Waals surface area contributed by atoms with Gasteiger partial charge in [0.1, 0.15) is 5.56 Å². The number of amides is 1. The smallest absolute Gasteiger partial charge is 0.259 e. The van der Waals surface area contributed by atoms with Gasteiger partial charge >= 0.3 is 0 Å². The number of hydrogen-bond acceptors (Lipinski definition) is 4. The van der Waals surface area contributed by atoms with Crippen LogP contribution in [0.25, 0.3) is 0 Å². The third kappa shape index (κ3) is 2.81. The molecule has 0 aliphatic carbocycles. The second-order valence-corrected chi connectivity index (χ2v) is 5.54. The van der Waals surface area contributed by atoms with E-state index in [9.17, 15) is 4.79 Å². The van der Waals surface area contributed by atoms with Crippen molar-refractivity contribution in [3.8, 4) is 5.88 Å². The predicted octanol–water partition coefficient (Wildman–Crippen LogP) is 2.07. The summed E-state index contributed by atoms with van der Waals surface area (Å²) in [7, 11) is 1.55. The summed E-state index contributed by atoms with van der Waals surface area (Å²) in [6.45, 7) is 3.35. The molecule has 6 nitrogen and oxygen atoms in total. The Hall–Kier alpha value is -2.37. The lowest BCUT2D eigenvalue weighted by Gasteiger charge is -2.32. The molecule has 3 heterocycles. The Morgan fingerprint density at radius 3 is 2.73 bits per heavy atom. The molecule has 1 aliphatic heterocycles. The van der Waals surface area contributed by atoms with Gasteiger partial charge in [-0.3, -0.25) is 4.79 Å². The van der Waals surface area contributed by atoms with Crippen molar-refractivity contribution in [2.45, 2.75) is 25.8 Å². The molecule has 22 heavy (non-hydrogen) atoms. The SMILES string of the molecule is COc1nc(C)ccc1C(=O)N1CCC(n2ccnc2)CC1. The van der Waals surface area contributed by atoms with E-state index < -0.39 is 0 Å². The van der Waals surface area contributed by atoms with Gasteiger partial charge in [0.15, 0.2) is 0 Å². The minimum Gasteiger partial charge on any atom is -0.480 e. The van der Waals surface area contributed by atoms with E-state index in [1.54, 1.807) is 19.4 Å². The van der Waals surface area contributed by atoms with Crippen LogP contribution >= 0.6 is 0 Å². The predicted molar refractivity (Wildman–Crippen MR) is 81.9 cm³/mol. The fourth-order valence-corrected chi connectivity index (χ4v) is 2.87. The van der Waals surface area contributed by atoms with Crippen LogP contribution in [-0.4, -0.2) is 45.5 Å². The quantitative estimate of drug-likeness (QED) is 0.870. The van der Waals surface area contributed by atoms with E-state index in [0.29, 0.717) is 17.5 Å². The van der Waals surface area contributed by atoms with Crippen LogP contribution in [0.1, 0.15) is 34.9 Å². The first-order valence-electron chi connectivity index (χ1n) is 7.47. The first-order chi connectivity index (χ1) is 10.7. The molecule has 0 spiro atoms. The number of aryl methyl sites for hydroxylation is 1. The minimum absolute atomic E-state index is 0.00608. The van der Waals surface area contributed by atoms with Crippen molar-refractivity contribution in [2.24, 2.45) is 0 Å². The number of pyridine rings is 1. The fourth-order valence-electron chi connectivity index (χ4n) is 2.87. The maximum atomic E-state index is 12.7. The molecule has 0 radical (unpaired) electrons. The minimum atomic E-state index is -0.00608. The van der Waals surface area contributed by atoms with Crippen LogP contribution in [0.15, 0.2) is 30.9 Å². The number of methoxy groups -OCH3 is 1. The third-order valence-electron chi connectivity index (χ3n) is 4.12. The average molecular weight is 300 g/mol. The van der Waals surface area contributed by atoms with Gasteiger partial charge in [-0.25, -0.2) is 9.97 Å². The molecule has 6 heteroatoms. The fraction of sp³-hybridized carbons (Fsp3) is 0.438. The van der Waals surface area contributed by atoms with Crippen molar-refractivity contribution < 1.29 is 9.53 Å². The largest absolute Gasteiger partial charge is 0.480 e. The van der Waals surface area contributed by atoms with Crippen LogP contribution in [0.3, 0.4) is 0 Å². The molecule has 0 aromatic carbocycles. The molecule has 3 rings (SSSR count). The lowest BCUT2D eigenvalue weighted by atomic mass is 10.0. The summed E-state index contributed by atoms with van der Waals surface area (Å²) in [6.07, 6.45) is 7.48. The van der Waals surface area contributed by atoms with E-state index in [0.717, 1.165) is 31.6 Å². The second kappa shape index (κ2) is 6.17. The number of imidazole rings is 1. The van der Waals surface area contributed by atoms with E-state index >= 15 is 0 Å². The maximum absolute atomic E-state index is 12.7. The number of aromatic nitrogens is 3. The number of rotatable bonds is 3. The first kappa shape index (κ1) is 14.6. The summed E-state index contributed by atoms with van der Waals surface area (Å²) in [5.41, 5.74) is 1.38. The monoisotopic (exact) mass is 300 g/mol. The first-order valence-corrected chi connectivity index (χ1v) is 7.47. The highest BCUT2D eigenvalue weighted by Crippen LogP contribution is 2.25. The zero-order valence-electron chi connectivity index (χ0n) is 12.9. The van der Waals surface area contributed by atoms with Gasteiger partial charge < -0.3 is 14.2 Å². The number of ether oxygens (including phenoxy) is 1. The summed E-state index contributed by atoms with van der Waals surface area (Å²) in [5, 5.41) is 0. The van der Waals surface area contributed by atoms with Gasteiger partial charge in [0.25, 0.3) is 5.91 Å². The molecule has 0 saturated carbocycles. The molecule has 2 aromatic heterocycles. The molecule has 1 saturated heterocycles. The average Bonchev–Trinajstić information content (AvgIpc) is 3.08. The highest BCUT2D eigenvalue weighted by molar-refractivity contribution is 5.96. The lowest BCUT2D eigenvalue weighted by Crippen LogP contribution is -2.39. The van der Waals surface area contributed by atoms with Crippen LogP contribution in [-0.2, 0) is 0 Å².